The van der Waals surface area contributed by atoms with Gasteiger partial charge in [0, 0.05) is 17.3 Å². The minimum absolute atomic E-state index is 0.0658. The number of rotatable bonds is 5. The van der Waals surface area contributed by atoms with Gasteiger partial charge in [0.2, 0.25) is 0 Å². The van der Waals surface area contributed by atoms with E-state index in [-0.39, 0.29) is 11.6 Å². The molecule has 1 aliphatic rings. The highest BCUT2D eigenvalue weighted by molar-refractivity contribution is 5.69. The standard InChI is InChI=1S/C18H19N5O4/c1-26-12-5-11(6-13(8-12)27-2)10-3-4-14-15(7-10)20-22-17(14)18-16(23(24)25)9-19-21-18/h5-6,8-10H,3-4,7H2,1-2H3,(H,19,21)(H,20,22). The molecule has 2 N–H and O–H groups in total. The molecular weight excluding hydrogens is 350 g/mol. The molecule has 9 nitrogen and oxygen atoms in total. The fraction of sp³-hybridized carbons (Fsp3) is 0.333. The summed E-state index contributed by atoms with van der Waals surface area (Å²) in [5.41, 5.74) is 4.00. The second kappa shape index (κ2) is 6.75. The van der Waals surface area contributed by atoms with E-state index >= 15 is 0 Å². The normalized spacial score (nSPS) is 16.0. The Morgan fingerprint density at radius 2 is 1.93 bits per heavy atom. The van der Waals surface area contributed by atoms with Crippen molar-refractivity contribution in [3.63, 3.8) is 0 Å². The number of benzene rings is 1. The van der Waals surface area contributed by atoms with Crippen LogP contribution in [0.15, 0.2) is 24.4 Å². The lowest BCUT2D eigenvalue weighted by atomic mass is 9.82. The molecule has 4 rings (SSSR count). The molecule has 1 aromatic carbocycles. The van der Waals surface area contributed by atoms with Crippen LogP contribution in [0.2, 0.25) is 0 Å². The SMILES string of the molecule is COc1cc(OC)cc(C2CCc3c(-c4[nH]ncc4[N+](=O)[O-])n[nH]c3C2)c1. The number of fused-ring (bicyclic) bond motifs is 1. The van der Waals surface area contributed by atoms with Crippen LogP contribution in [0.4, 0.5) is 5.69 Å². The highest BCUT2D eigenvalue weighted by Gasteiger charge is 2.29. The Morgan fingerprint density at radius 3 is 2.59 bits per heavy atom. The van der Waals surface area contributed by atoms with Crippen LogP contribution in [0.3, 0.4) is 0 Å². The molecule has 3 aromatic rings. The number of hydrogen-bond acceptors (Lipinski definition) is 6. The summed E-state index contributed by atoms with van der Waals surface area (Å²) in [6.07, 6.45) is 3.64. The van der Waals surface area contributed by atoms with Crippen molar-refractivity contribution in [1.29, 1.82) is 0 Å². The van der Waals surface area contributed by atoms with Crippen molar-refractivity contribution >= 4 is 5.69 Å². The van der Waals surface area contributed by atoms with E-state index in [2.05, 4.69) is 20.4 Å². The van der Waals surface area contributed by atoms with Gasteiger partial charge < -0.3 is 9.47 Å². The molecule has 1 atom stereocenters. The number of nitro groups is 1. The average molecular weight is 369 g/mol. The van der Waals surface area contributed by atoms with Gasteiger partial charge >= 0.3 is 5.69 Å². The first-order valence-corrected chi connectivity index (χ1v) is 8.58. The molecule has 1 aliphatic carbocycles. The maximum Gasteiger partial charge on any atom is 0.316 e. The molecule has 2 heterocycles. The smallest absolute Gasteiger partial charge is 0.316 e. The summed E-state index contributed by atoms with van der Waals surface area (Å²) < 4.78 is 10.7. The fourth-order valence-corrected chi connectivity index (χ4v) is 3.66. The van der Waals surface area contributed by atoms with Crippen LogP contribution in [0.5, 0.6) is 11.5 Å². The minimum Gasteiger partial charge on any atom is -0.497 e. The summed E-state index contributed by atoms with van der Waals surface area (Å²) in [7, 11) is 3.27. The van der Waals surface area contributed by atoms with Crippen molar-refractivity contribution in [2.45, 2.75) is 25.2 Å². The molecule has 27 heavy (non-hydrogen) atoms. The van der Waals surface area contributed by atoms with E-state index in [1.165, 1.54) is 6.20 Å². The first kappa shape index (κ1) is 17.1. The number of H-pyrrole nitrogens is 2. The Labute approximate surface area is 154 Å². The largest absolute Gasteiger partial charge is 0.497 e. The molecule has 0 bridgehead atoms. The van der Waals surface area contributed by atoms with Crippen molar-refractivity contribution in [2.24, 2.45) is 0 Å². The fourth-order valence-electron chi connectivity index (χ4n) is 3.66. The second-order valence-electron chi connectivity index (χ2n) is 6.50. The molecule has 0 saturated carbocycles. The third-order valence-corrected chi connectivity index (χ3v) is 5.04. The summed E-state index contributed by atoms with van der Waals surface area (Å²) in [5, 5.41) is 25.1. The zero-order valence-corrected chi connectivity index (χ0v) is 15.0. The number of hydrogen-bond donors (Lipinski definition) is 2. The van der Waals surface area contributed by atoms with Crippen LogP contribution < -0.4 is 9.47 Å². The Balaban J connectivity index is 1.65. The number of aromatic amines is 2. The first-order valence-electron chi connectivity index (χ1n) is 8.58. The zero-order valence-electron chi connectivity index (χ0n) is 15.0. The molecule has 2 aromatic heterocycles. The van der Waals surface area contributed by atoms with Gasteiger partial charge in [0.05, 0.1) is 19.1 Å². The number of aromatic nitrogens is 4. The number of nitrogens with one attached hydrogen (secondary N) is 2. The van der Waals surface area contributed by atoms with Crippen LogP contribution in [0.1, 0.15) is 29.2 Å². The molecule has 0 spiro atoms. The Hall–Kier alpha value is -3.36. The van der Waals surface area contributed by atoms with Gasteiger partial charge in [-0.25, -0.2) is 0 Å². The van der Waals surface area contributed by atoms with Gasteiger partial charge in [0.1, 0.15) is 23.4 Å². The van der Waals surface area contributed by atoms with Crippen molar-refractivity contribution in [3.05, 3.63) is 51.3 Å². The molecule has 140 valence electrons. The topological polar surface area (TPSA) is 119 Å². The molecule has 0 saturated heterocycles. The number of nitrogens with zero attached hydrogens (tertiary/aromatic N) is 3. The lowest BCUT2D eigenvalue weighted by Crippen LogP contribution is -2.13. The van der Waals surface area contributed by atoms with Gasteiger partial charge in [-0.2, -0.15) is 10.2 Å². The molecule has 9 heteroatoms. The lowest BCUT2D eigenvalue weighted by Gasteiger charge is -2.23. The van der Waals surface area contributed by atoms with Gasteiger partial charge in [-0.05, 0) is 42.9 Å². The third-order valence-electron chi connectivity index (χ3n) is 5.04. The van der Waals surface area contributed by atoms with Gasteiger partial charge in [-0.15, -0.1) is 0 Å². The third kappa shape index (κ3) is 3.01. The monoisotopic (exact) mass is 369 g/mol. The van der Waals surface area contributed by atoms with Crippen molar-refractivity contribution in [2.75, 3.05) is 14.2 Å². The molecule has 0 amide bonds. The van der Waals surface area contributed by atoms with Crippen molar-refractivity contribution in [1.82, 2.24) is 20.4 Å². The van der Waals surface area contributed by atoms with E-state index < -0.39 is 4.92 Å². The molecule has 1 unspecified atom stereocenters. The number of ether oxygens (including phenoxy) is 2. The molecule has 0 radical (unpaired) electrons. The summed E-state index contributed by atoms with van der Waals surface area (Å²) in [6, 6.07) is 5.90. The molecule has 0 aliphatic heterocycles. The Kier molecular flexibility index (Phi) is 4.27. The first-order chi connectivity index (χ1) is 13.1. The van der Waals surface area contributed by atoms with Crippen LogP contribution >= 0.6 is 0 Å². The predicted molar refractivity (Wildman–Crippen MR) is 97.1 cm³/mol. The van der Waals surface area contributed by atoms with Gasteiger partial charge in [-0.1, -0.05) is 0 Å². The van der Waals surface area contributed by atoms with Crippen LogP contribution in [0.25, 0.3) is 11.4 Å². The van der Waals surface area contributed by atoms with E-state index in [0.29, 0.717) is 11.4 Å². The molecular formula is C18H19N5O4. The van der Waals surface area contributed by atoms with Gasteiger partial charge in [0.15, 0.2) is 5.69 Å². The van der Waals surface area contributed by atoms with Crippen LogP contribution in [-0.4, -0.2) is 39.5 Å². The van der Waals surface area contributed by atoms with Gasteiger partial charge in [-0.3, -0.25) is 20.3 Å². The summed E-state index contributed by atoms with van der Waals surface area (Å²) >= 11 is 0. The number of methoxy groups -OCH3 is 2. The van der Waals surface area contributed by atoms with E-state index in [4.69, 9.17) is 9.47 Å². The predicted octanol–water partition coefficient (Wildman–Crippen LogP) is 3.00. The highest BCUT2D eigenvalue weighted by atomic mass is 16.6. The molecule has 0 fully saturated rings. The summed E-state index contributed by atoms with van der Waals surface area (Å²) in [4.78, 5) is 10.7. The van der Waals surface area contributed by atoms with Crippen LogP contribution in [0, 0.1) is 10.1 Å². The average Bonchev–Trinajstić information content (AvgIpc) is 3.33. The van der Waals surface area contributed by atoms with E-state index in [1.54, 1.807) is 14.2 Å². The second-order valence-corrected chi connectivity index (χ2v) is 6.50. The van der Waals surface area contributed by atoms with E-state index in [9.17, 15) is 10.1 Å². The lowest BCUT2D eigenvalue weighted by molar-refractivity contribution is -0.384. The zero-order chi connectivity index (χ0) is 19.0. The summed E-state index contributed by atoms with van der Waals surface area (Å²) in [6.45, 7) is 0. The van der Waals surface area contributed by atoms with Crippen molar-refractivity contribution in [3.8, 4) is 22.9 Å². The van der Waals surface area contributed by atoms with E-state index in [1.807, 2.05) is 18.2 Å². The highest BCUT2D eigenvalue weighted by Crippen LogP contribution is 2.39. The van der Waals surface area contributed by atoms with E-state index in [0.717, 1.165) is 47.6 Å². The minimum atomic E-state index is -0.450. The maximum absolute atomic E-state index is 11.2. The van der Waals surface area contributed by atoms with Crippen molar-refractivity contribution < 1.29 is 14.4 Å². The quantitative estimate of drug-likeness (QED) is 0.527. The maximum atomic E-state index is 11.2. The van der Waals surface area contributed by atoms with Crippen LogP contribution in [-0.2, 0) is 12.8 Å². The Morgan fingerprint density at radius 1 is 1.19 bits per heavy atom. The van der Waals surface area contributed by atoms with Gasteiger partial charge in [0.25, 0.3) is 0 Å². The summed E-state index contributed by atoms with van der Waals surface area (Å²) in [5.74, 6) is 1.80. The Bertz CT molecular complexity index is 971.